The molecule has 2 N–H and O–H groups in total. The second-order valence-electron chi connectivity index (χ2n) is 5.16. The lowest BCUT2D eigenvalue weighted by molar-refractivity contribution is 0.478. The van der Waals surface area contributed by atoms with Gasteiger partial charge in [-0.3, -0.25) is 0 Å². The second kappa shape index (κ2) is 6.35. The number of hydrogen-bond donors (Lipinski definition) is 1. The summed E-state index contributed by atoms with van der Waals surface area (Å²) in [5.74, 6) is 0.878. The molecule has 0 fully saturated rings. The molecule has 3 nitrogen and oxygen atoms in total. The largest absolute Gasteiger partial charge is 0.330 e. The van der Waals surface area contributed by atoms with Crippen LogP contribution in [0.15, 0.2) is 41.3 Å². The lowest BCUT2D eigenvalue weighted by Crippen LogP contribution is -2.21. The van der Waals surface area contributed by atoms with Crippen molar-refractivity contribution >= 4 is 15.9 Å². The summed E-state index contributed by atoms with van der Waals surface area (Å²) in [5.41, 5.74) is 8.39. The smallest absolute Gasteiger partial charge is 0.0951 e. The van der Waals surface area contributed by atoms with Gasteiger partial charge in [-0.25, -0.2) is 4.98 Å². The van der Waals surface area contributed by atoms with Gasteiger partial charge in [-0.2, -0.15) is 0 Å². The third-order valence-electron chi connectivity index (χ3n) is 3.45. The first-order valence-corrected chi connectivity index (χ1v) is 7.35. The summed E-state index contributed by atoms with van der Waals surface area (Å²) in [7, 11) is 0. The van der Waals surface area contributed by atoms with Crippen molar-refractivity contribution < 1.29 is 0 Å². The normalized spacial score (nSPS) is 12.9. The first kappa shape index (κ1) is 14.3. The van der Waals surface area contributed by atoms with Crippen LogP contribution in [0.25, 0.3) is 0 Å². The van der Waals surface area contributed by atoms with Gasteiger partial charge in [0.1, 0.15) is 0 Å². The van der Waals surface area contributed by atoms with Crippen LogP contribution in [0.3, 0.4) is 0 Å². The average molecular weight is 322 g/mol. The van der Waals surface area contributed by atoms with Gasteiger partial charge in [0.15, 0.2) is 0 Å². The van der Waals surface area contributed by atoms with E-state index >= 15 is 0 Å². The van der Waals surface area contributed by atoms with E-state index in [-0.39, 0.29) is 0 Å². The Morgan fingerprint density at radius 2 is 1.95 bits per heavy atom. The van der Waals surface area contributed by atoms with E-state index in [0.717, 1.165) is 11.0 Å². The summed E-state index contributed by atoms with van der Waals surface area (Å²) >= 11 is 3.46. The van der Waals surface area contributed by atoms with Crippen LogP contribution in [0.2, 0.25) is 0 Å². The van der Waals surface area contributed by atoms with E-state index in [2.05, 4.69) is 63.6 Å². The lowest BCUT2D eigenvalue weighted by atomic mass is 9.93. The molecule has 0 aliphatic carbocycles. The number of imidazole rings is 1. The molecular weight excluding hydrogens is 302 g/mol. The quantitative estimate of drug-likeness (QED) is 0.917. The topological polar surface area (TPSA) is 43.8 Å². The Hall–Kier alpha value is -1.13. The highest BCUT2D eigenvalue weighted by Gasteiger charge is 2.18. The van der Waals surface area contributed by atoms with Crippen molar-refractivity contribution in [2.45, 2.75) is 26.3 Å². The van der Waals surface area contributed by atoms with Crippen molar-refractivity contribution in [2.24, 2.45) is 11.7 Å². The molecule has 0 saturated heterocycles. The fourth-order valence-corrected chi connectivity index (χ4v) is 2.56. The number of halogens is 1. The van der Waals surface area contributed by atoms with Crippen LogP contribution in [0.4, 0.5) is 0 Å². The number of nitrogens with zero attached hydrogens (tertiary/aromatic N) is 2. The number of hydrogen-bond acceptors (Lipinski definition) is 2. The Kier molecular flexibility index (Phi) is 4.77. The van der Waals surface area contributed by atoms with Gasteiger partial charge in [0.05, 0.1) is 6.33 Å². The molecule has 1 aromatic carbocycles. The second-order valence-corrected chi connectivity index (χ2v) is 6.07. The maximum atomic E-state index is 5.90. The van der Waals surface area contributed by atoms with E-state index in [1.165, 1.54) is 11.3 Å². The van der Waals surface area contributed by atoms with E-state index < -0.39 is 0 Å². The van der Waals surface area contributed by atoms with Crippen LogP contribution in [0, 0.1) is 5.92 Å². The molecule has 0 saturated carbocycles. The number of benzene rings is 1. The molecule has 1 unspecified atom stereocenters. The molecular formula is C15H20BrN3. The number of nitrogens with two attached hydrogens (primary N) is 1. The molecule has 2 rings (SSSR count). The van der Waals surface area contributed by atoms with Gasteiger partial charge < -0.3 is 10.3 Å². The highest BCUT2D eigenvalue weighted by atomic mass is 79.9. The average Bonchev–Trinajstić information content (AvgIpc) is 2.81. The first-order valence-electron chi connectivity index (χ1n) is 6.56. The number of rotatable bonds is 5. The van der Waals surface area contributed by atoms with Crippen LogP contribution in [-0.4, -0.2) is 16.1 Å². The SMILES string of the molecule is CC(C)C(CN)c1cncn1Cc1ccc(Br)cc1. The van der Waals surface area contributed by atoms with Crippen LogP contribution >= 0.6 is 15.9 Å². The van der Waals surface area contributed by atoms with Crippen molar-refractivity contribution in [1.29, 1.82) is 0 Å². The molecule has 0 bridgehead atoms. The van der Waals surface area contributed by atoms with Gasteiger partial charge in [-0.15, -0.1) is 0 Å². The molecule has 19 heavy (non-hydrogen) atoms. The highest BCUT2D eigenvalue weighted by molar-refractivity contribution is 9.10. The fourth-order valence-electron chi connectivity index (χ4n) is 2.29. The molecule has 102 valence electrons. The third-order valence-corrected chi connectivity index (χ3v) is 3.98. The maximum absolute atomic E-state index is 5.90. The highest BCUT2D eigenvalue weighted by Crippen LogP contribution is 2.23. The predicted octanol–water partition coefficient (Wildman–Crippen LogP) is 3.39. The molecule has 0 aliphatic rings. The summed E-state index contributed by atoms with van der Waals surface area (Å²) in [4.78, 5) is 4.29. The van der Waals surface area contributed by atoms with E-state index in [1.807, 2.05) is 12.5 Å². The van der Waals surface area contributed by atoms with Gasteiger partial charge in [-0.1, -0.05) is 41.9 Å². The van der Waals surface area contributed by atoms with Crippen LogP contribution in [0.5, 0.6) is 0 Å². The van der Waals surface area contributed by atoms with Crippen LogP contribution < -0.4 is 5.73 Å². The van der Waals surface area contributed by atoms with Crippen molar-refractivity contribution in [1.82, 2.24) is 9.55 Å². The lowest BCUT2D eigenvalue weighted by Gasteiger charge is -2.20. The van der Waals surface area contributed by atoms with E-state index in [0.29, 0.717) is 18.4 Å². The maximum Gasteiger partial charge on any atom is 0.0951 e. The standard InChI is InChI=1S/C15H20BrN3/c1-11(2)14(7-17)15-8-18-10-19(15)9-12-3-5-13(16)6-4-12/h3-6,8,10-11,14H,7,9,17H2,1-2H3. The van der Waals surface area contributed by atoms with Crippen LogP contribution in [0.1, 0.15) is 31.0 Å². The zero-order valence-electron chi connectivity index (χ0n) is 11.4. The van der Waals surface area contributed by atoms with Gasteiger partial charge in [-0.05, 0) is 23.6 Å². The van der Waals surface area contributed by atoms with Crippen LogP contribution in [-0.2, 0) is 6.54 Å². The Morgan fingerprint density at radius 3 is 2.53 bits per heavy atom. The summed E-state index contributed by atoms with van der Waals surface area (Å²) in [5, 5.41) is 0. The van der Waals surface area contributed by atoms with E-state index in [4.69, 9.17) is 5.73 Å². The fraction of sp³-hybridized carbons (Fsp3) is 0.400. The van der Waals surface area contributed by atoms with Crippen molar-refractivity contribution in [3.63, 3.8) is 0 Å². The molecule has 2 aromatic rings. The molecule has 0 amide bonds. The summed E-state index contributed by atoms with van der Waals surface area (Å²) in [6, 6.07) is 8.38. The molecule has 1 heterocycles. The molecule has 1 atom stereocenters. The summed E-state index contributed by atoms with van der Waals surface area (Å²) < 4.78 is 3.30. The third kappa shape index (κ3) is 3.45. The van der Waals surface area contributed by atoms with Crippen molar-refractivity contribution in [3.8, 4) is 0 Å². The first-order chi connectivity index (χ1) is 9.11. The minimum atomic E-state index is 0.359. The minimum absolute atomic E-state index is 0.359. The molecule has 0 radical (unpaired) electrons. The Bertz CT molecular complexity index is 516. The zero-order chi connectivity index (χ0) is 13.8. The molecule has 0 aliphatic heterocycles. The monoisotopic (exact) mass is 321 g/mol. The minimum Gasteiger partial charge on any atom is -0.330 e. The molecule has 1 aromatic heterocycles. The Labute approximate surface area is 123 Å². The predicted molar refractivity (Wildman–Crippen MR) is 82.1 cm³/mol. The zero-order valence-corrected chi connectivity index (χ0v) is 13.0. The van der Waals surface area contributed by atoms with E-state index in [9.17, 15) is 0 Å². The van der Waals surface area contributed by atoms with Crippen molar-refractivity contribution in [2.75, 3.05) is 6.54 Å². The van der Waals surface area contributed by atoms with Gasteiger partial charge in [0.25, 0.3) is 0 Å². The summed E-state index contributed by atoms with van der Waals surface area (Å²) in [6.45, 7) is 5.90. The van der Waals surface area contributed by atoms with Gasteiger partial charge >= 0.3 is 0 Å². The van der Waals surface area contributed by atoms with Gasteiger partial charge in [0, 0.05) is 35.4 Å². The summed E-state index contributed by atoms with van der Waals surface area (Å²) in [6.07, 6.45) is 3.83. The Morgan fingerprint density at radius 1 is 1.26 bits per heavy atom. The van der Waals surface area contributed by atoms with Crippen molar-refractivity contribution in [3.05, 3.63) is 52.5 Å². The van der Waals surface area contributed by atoms with Gasteiger partial charge in [0.2, 0.25) is 0 Å². The molecule has 4 heteroatoms. The number of aromatic nitrogens is 2. The molecule has 0 spiro atoms. The van der Waals surface area contributed by atoms with E-state index in [1.54, 1.807) is 0 Å². The Balaban J connectivity index is 2.22.